The topological polar surface area (TPSA) is 112 Å². The number of carbonyl (C=O) groups excluding carboxylic acids is 3. The summed E-state index contributed by atoms with van der Waals surface area (Å²) >= 11 is 12.8. The summed E-state index contributed by atoms with van der Waals surface area (Å²) in [6, 6.07) is 8.56. The number of pyridine rings is 1. The Hall–Kier alpha value is -2.95. The predicted octanol–water partition coefficient (Wildman–Crippen LogP) is 3.37. The molecule has 160 valence electrons. The van der Waals surface area contributed by atoms with E-state index in [9.17, 15) is 14.4 Å². The van der Waals surface area contributed by atoms with E-state index in [1.807, 2.05) is 6.07 Å². The molecule has 0 bridgehead atoms. The van der Waals surface area contributed by atoms with Crippen molar-refractivity contribution in [1.82, 2.24) is 15.6 Å². The van der Waals surface area contributed by atoms with Gasteiger partial charge in [0, 0.05) is 34.8 Å². The van der Waals surface area contributed by atoms with Crippen molar-refractivity contribution in [2.75, 3.05) is 0 Å². The van der Waals surface area contributed by atoms with Crippen molar-refractivity contribution in [3.8, 4) is 6.07 Å². The van der Waals surface area contributed by atoms with Gasteiger partial charge >= 0.3 is 0 Å². The minimum absolute atomic E-state index is 0.174. The molecule has 7 nitrogen and oxygen atoms in total. The Kier molecular flexibility index (Phi) is 6.63. The molecule has 1 aromatic heterocycles. The summed E-state index contributed by atoms with van der Waals surface area (Å²) < 4.78 is 0. The molecule has 3 amide bonds. The SMILES string of the molecule is CC(C)(C(=O)NCc1cc(Cl)c(C2CCC(=O)NC2=O)c(Cl)c1)c1ccnc(C#N)c1. The van der Waals surface area contributed by atoms with E-state index in [0.717, 1.165) is 0 Å². The van der Waals surface area contributed by atoms with E-state index < -0.39 is 17.2 Å². The Bertz CT molecular complexity index is 1090. The number of piperidine rings is 1. The molecule has 1 unspecified atom stereocenters. The van der Waals surface area contributed by atoms with Crippen LogP contribution in [0.1, 0.15) is 55.0 Å². The summed E-state index contributed by atoms with van der Waals surface area (Å²) in [5, 5.41) is 14.8. The lowest BCUT2D eigenvalue weighted by Crippen LogP contribution is -2.40. The minimum atomic E-state index is -0.894. The van der Waals surface area contributed by atoms with Gasteiger partial charge in [0.2, 0.25) is 17.7 Å². The molecular weight excluding hydrogens is 439 g/mol. The van der Waals surface area contributed by atoms with E-state index in [4.69, 9.17) is 28.5 Å². The molecule has 0 radical (unpaired) electrons. The number of benzene rings is 1. The van der Waals surface area contributed by atoms with Crippen LogP contribution in [0.2, 0.25) is 10.0 Å². The van der Waals surface area contributed by atoms with Gasteiger partial charge in [-0.05, 0) is 55.7 Å². The summed E-state index contributed by atoms with van der Waals surface area (Å²) in [5.74, 6) is -1.58. The van der Waals surface area contributed by atoms with Crippen LogP contribution >= 0.6 is 23.2 Å². The van der Waals surface area contributed by atoms with Gasteiger partial charge in [0.1, 0.15) is 11.8 Å². The Labute approximate surface area is 189 Å². The second-order valence-corrected chi connectivity index (χ2v) is 8.64. The highest BCUT2D eigenvalue weighted by Crippen LogP contribution is 2.37. The highest BCUT2D eigenvalue weighted by Gasteiger charge is 2.32. The van der Waals surface area contributed by atoms with Gasteiger partial charge < -0.3 is 5.32 Å². The zero-order valence-electron chi connectivity index (χ0n) is 17.0. The van der Waals surface area contributed by atoms with Crippen LogP contribution in [0.25, 0.3) is 0 Å². The van der Waals surface area contributed by atoms with Gasteiger partial charge in [-0.2, -0.15) is 5.26 Å². The van der Waals surface area contributed by atoms with Crippen LogP contribution in [0.5, 0.6) is 0 Å². The lowest BCUT2D eigenvalue weighted by atomic mass is 9.84. The number of rotatable bonds is 5. The molecule has 0 aliphatic carbocycles. The highest BCUT2D eigenvalue weighted by atomic mass is 35.5. The van der Waals surface area contributed by atoms with Gasteiger partial charge in [0.25, 0.3) is 0 Å². The van der Waals surface area contributed by atoms with Crippen molar-refractivity contribution < 1.29 is 14.4 Å². The summed E-state index contributed by atoms with van der Waals surface area (Å²) in [7, 11) is 0. The van der Waals surface area contributed by atoms with E-state index in [2.05, 4.69) is 15.6 Å². The summed E-state index contributed by atoms with van der Waals surface area (Å²) in [5.41, 5.74) is 1.16. The van der Waals surface area contributed by atoms with Crippen LogP contribution in [0.3, 0.4) is 0 Å². The number of carbonyl (C=O) groups is 3. The molecule has 1 aromatic carbocycles. The van der Waals surface area contributed by atoms with Crippen molar-refractivity contribution in [2.24, 2.45) is 0 Å². The first-order chi connectivity index (χ1) is 14.6. The maximum atomic E-state index is 12.8. The number of amides is 3. The number of halogens is 2. The second kappa shape index (κ2) is 9.04. The third-order valence-electron chi connectivity index (χ3n) is 5.34. The zero-order valence-corrected chi connectivity index (χ0v) is 18.5. The lowest BCUT2D eigenvalue weighted by molar-refractivity contribution is -0.134. The maximum absolute atomic E-state index is 12.8. The summed E-state index contributed by atoms with van der Waals surface area (Å²) in [6.07, 6.45) is 2.06. The van der Waals surface area contributed by atoms with E-state index >= 15 is 0 Å². The van der Waals surface area contributed by atoms with Crippen molar-refractivity contribution in [3.63, 3.8) is 0 Å². The van der Waals surface area contributed by atoms with Crippen LogP contribution < -0.4 is 10.6 Å². The Balaban J connectivity index is 1.75. The van der Waals surface area contributed by atoms with Gasteiger partial charge in [-0.1, -0.05) is 23.2 Å². The van der Waals surface area contributed by atoms with E-state index in [1.54, 1.807) is 38.1 Å². The van der Waals surface area contributed by atoms with Crippen LogP contribution in [0.15, 0.2) is 30.5 Å². The largest absolute Gasteiger partial charge is 0.351 e. The van der Waals surface area contributed by atoms with Gasteiger partial charge in [-0.25, -0.2) is 4.98 Å². The van der Waals surface area contributed by atoms with Crippen molar-refractivity contribution in [3.05, 3.63) is 62.9 Å². The fraction of sp³-hybridized carbons (Fsp3) is 0.318. The minimum Gasteiger partial charge on any atom is -0.351 e. The Morgan fingerprint density at radius 1 is 1.29 bits per heavy atom. The standard InChI is InChI=1S/C22H20Cl2N4O3/c1-22(2,13-5-6-26-14(9-13)10-25)21(31)27-11-12-7-16(23)19(17(24)8-12)15-3-4-18(29)28-20(15)30/h5-9,15H,3-4,11H2,1-2H3,(H,27,31)(H,28,29,30). The van der Waals surface area contributed by atoms with Crippen molar-refractivity contribution >= 4 is 40.9 Å². The number of hydrogen-bond acceptors (Lipinski definition) is 5. The van der Waals surface area contributed by atoms with E-state index in [1.165, 1.54) is 6.20 Å². The smallest absolute Gasteiger partial charge is 0.234 e. The van der Waals surface area contributed by atoms with Gasteiger partial charge in [0.15, 0.2) is 0 Å². The van der Waals surface area contributed by atoms with Crippen LogP contribution in [0, 0.1) is 11.3 Å². The molecule has 1 aliphatic heterocycles. The molecule has 31 heavy (non-hydrogen) atoms. The first-order valence-electron chi connectivity index (χ1n) is 9.60. The van der Waals surface area contributed by atoms with Crippen LogP contribution in [0.4, 0.5) is 0 Å². The highest BCUT2D eigenvalue weighted by molar-refractivity contribution is 6.36. The Morgan fingerprint density at radius 3 is 2.58 bits per heavy atom. The normalized spacial score (nSPS) is 16.4. The zero-order chi connectivity index (χ0) is 22.8. The summed E-state index contributed by atoms with van der Waals surface area (Å²) in [4.78, 5) is 40.3. The van der Waals surface area contributed by atoms with Crippen LogP contribution in [-0.4, -0.2) is 22.7 Å². The number of hydrogen-bond donors (Lipinski definition) is 2. The van der Waals surface area contributed by atoms with Gasteiger partial charge in [-0.3, -0.25) is 19.7 Å². The molecule has 0 spiro atoms. The lowest BCUT2D eigenvalue weighted by Gasteiger charge is -2.25. The monoisotopic (exact) mass is 458 g/mol. The van der Waals surface area contributed by atoms with Gasteiger partial charge in [-0.15, -0.1) is 0 Å². The second-order valence-electron chi connectivity index (χ2n) is 7.83. The molecule has 0 saturated carbocycles. The quantitative estimate of drug-likeness (QED) is 0.666. The number of nitrogens with one attached hydrogen (secondary N) is 2. The third-order valence-corrected chi connectivity index (χ3v) is 5.97. The summed E-state index contributed by atoms with van der Waals surface area (Å²) in [6.45, 7) is 3.68. The van der Waals surface area contributed by atoms with E-state index in [0.29, 0.717) is 33.2 Å². The maximum Gasteiger partial charge on any atom is 0.234 e. The number of nitriles is 1. The van der Waals surface area contributed by atoms with E-state index in [-0.39, 0.29) is 30.5 Å². The average molecular weight is 459 g/mol. The number of aromatic nitrogens is 1. The van der Waals surface area contributed by atoms with Crippen molar-refractivity contribution in [1.29, 1.82) is 5.26 Å². The van der Waals surface area contributed by atoms with Crippen LogP contribution in [-0.2, 0) is 26.3 Å². The van der Waals surface area contributed by atoms with Crippen molar-refractivity contribution in [2.45, 2.75) is 44.6 Å². The molecular formula is C22H20Cl2N4O3. The molecule has 1 fully saturated rings. The third kappa shape index (κ3) is 4.87. The number of imide groups is 1. The predicted molar refractivity (Wildman–Crippen MR) is 115 cm³/mol. The fourth-order valence-electron chi connectivity index (χ4n) is 3.46. The first kappa shape index (κ1) is 22.7. The fourth-order valence-corrected chi connectivity index (χ4v) is 4.25. The average Bonchev–Trinajstić information content (AvgIpc) is 2.73. The number of nitrogens with zero attached hydrogens (tertiary/aromatic N) is 2. The molecule has 9 heteroatoms. The molecule has 2 aromatic rings. The first-order valence-corrected chi connectivity index (χ1v) is 10.4. The molecule has 3 rings (SSSR count). The van der Waals surface area contributed by atoms with Gasteiger partial charge in [0.05, 0.1) is 11.3 Å². The molecule has 2 N–H and O–H groups in total. The Morgan fingerprint density at radius 2 is 1.97 bits per heavy atom. The molecule has 1 saturated heterocycles. The molecule has 2 heterocycles. The molecule has 1 aliphatic rings. The molecule has 1 atom stereocenters.